The third-order valence-electron chi connectivity index (χ3n) is 3.36. The van der Waals surface area contributed by atoms with Crippen molar-refractivity contribution in [3.05, 3.63) is 52.5 Å². The number of rotatable bonds is 7. The van der Waals surface area contributed by atoms with Crippen molar-refractivity contribution in [2.75, 3.05) is 4.72 Å². The molecule has 146 valence electrons. The first-order valence-corrected chi connectivity index (χ1v) is 10.0. The van der Waals surface area contributed by atoms with Gasteiger partial charge in [-0.3, -0.25) is 9.52 Å². The number of sulfonamides is 1. The maximum Gasteiger partial charge on any atom is 0.573 e. The first kappa shape index (κ1) is 21.2. The highest BCUT2D eigenvalue weighted by atomic mass is 79.9. The van der Waals surface area contributed by atoms with E-state index in [1.165, 1.54) is 30.3 Å². The number of hydrogen-bond acceptors (Lipinski definition) is 4. The second-order valence-electron chi connectivity index (χ2n) is 5.49. The normalized spacial score (nSPS) is 11.9. The average Bonchev–Trinajstić information content (AvgIpc) is 2.53. The summed E-state index contributed by atoms with van der Waals surface area (Å²) in [5.74, 6) is -0.945. The molecule has 0 aliphatic carbocycles. The molecule has 0 spiro atoms. The Kier molecular flexibility index (Phi) is 6.53. The second-order valence-corrected chi connectivity index (χ2v) is 8.06. The number of alkyl halides is 3. The van der Waals surface area contributed by atoms with Gasteiger partial charge in [0.2, 0.25) is 0 Å². The van der Waals surface area contributed by atoms with E-state index in [1.807, 2.05) is 6.92 Å². The van der Waals surface area contributed by atoms with Crippen molar-refractivity contribution < 1.29 is 31.1 Å². The van der Waals surface area contributed by atoms with Gasteiger partial charge in [-0.25, -0.2) is 8.42 Å². The molecule has 0 bridgehead atoms. The van der Waals surface area contributed by atoms with Crippen LogP contribution in [-0.4, -0.2) is 20.6 Å². The summed E-state index contributed by atoms with van der Waals surface area (Å²) in [4.78, 5) is 11.1. The Hall–Kier alpha value is -2.07. The first-order valence-electron chi connectivity index (χ1n) is 7.73. The fraction of sp³-hybridized carbons (Fsp3) is 0.235. The van der Waals surface area contributed by atoms with Gasteiger partial charge >= 0.3 is 6.36 Å². The molecule has 0 radical (unpaired) electrons. The summed E-state index contributed by atoms with van der Waals surface area (Å²) in [6.07, 6.45) is -4.01. The Bertz CT molecular complexity index is 928. The molecule has 0 unspecified atom stereocenters. The van der Waals surface area contributed by atoms with E-state index < -0.39 is 27.0 Å². The topological polar surface area (TPSA) is 72.5 Å². The zero-order chi connectivity index (χ0) is 20.2. The summed E-state index contributed by atoms with van der Waals surface area (Å²) in [7, 11) is -4.36. The molecule has 2 aromatic rings. The number of ether oxygens (including phenoxy) is 1. The van der Waals surface area contributed by atoms with Crippen LogP contribution in [0.4, 0.5) is 18.9 Å². The Balaban J connectivity index is 2.30. The van der Waals surface area contributed by atoms with E-state index in [1.54, 1.807) is 0 Å². The van der Waals surface area contributed by atoms with Gasteiger partial charge in [-0.05, 0) is 48.9 Å². The quantitative estimate of drug-likeness (QED) is 0.575. The van der Waals surface area contributed by atoms with E-state index in [2.05, 4.69) is 25.4 Å². The van der Waals surface area contributed by atoms with E-state index in [9.17, 15) is 26.4 Å². The lowest BCUT2D eigenvalue weighted by atomic mass is 10.1. The molecule has 0 aliphatic heterocycles. The molecule has 0 amide bonds. The van der Waals surface area contributed by atoms with Gasteiger partial charge in [0.15, 0.2) is 11.5 Å². The minimum atomic E-state index is -5.05. The van der Waals surface area contributed by atoms with Crippen LogP contribution in [0.5, 0.6) is 5.75 Å². The summed E-state index contributed by atoms with van der Waals surface area (Å²) >= 11 is 2.98. The molecule has 27 heavy (non-hydrogen) atoms. The summed E-state index contributed by atoms with van der Waals surface area (Å²) in [5, 5.41) is 0. The minimum absolute atomic E-state index is 0.0827. The standard InChI is InChI=1S/C17H15BrF3NO4S/c1-2-3-14(23)11-4-7-13(8-5-11)22-27(24,25)16-9-6-12(18)10-15(16)26-17(19,20)21/h4-10,22H,2-3H2,1H3. The van der Waals surface area contributed by atoms with Crippen LogP contribution in [0.25, 0.3) is 0 Å². The smallest absolute Gasteiger partial charge is 0.404 e. The number of carbonyl (C=O) groups excluding carboxylic acids is 1. The van der Waals surface area contributed by atoms with Crippen LogP contribution in [0.1, 0.15) is 30.1 Å². The van der Waals surface area contributed by atoms with Gasteiger partial charge in [0.05, 0.1) is 0 Å². The molecule has 0 aromatic heterocycles. The number of nitrogens with one attached hydrogen (secondary N) is 1. The lowest BCUT2D eigenvalue weighted by Crippen LogP contribution is -2.21. The predicted octanol–water partition coefficient (Wildman–Crippen LogP) is 5.13. The largest absolute Gasteiger partial charge is 0.573 e. The summed E-state index contributed by atoms with van der Waals surface area (Å²) in [6.45, 7) is 1.86. The molecule has 10 heteroatoms. The van der Waals surface area contributed by atoms with Gasteiger partial charge in [0.25, 0.3) is 10.0 Å². The van der Waals surface area contributed by atoms with Gasteiger partial charge in [-0.15, -0.1) is 13.2 Å². The summed E-state index contributed by atoms with van der Waals surface area (Å²) in [6, 6.07) is 8.81. The van der Waals surface area contributed by atoms with E-state index in [-0.39, 0.29) is 15.9 Å². The molecule has 1 N–H and O–H groups in total. The maximum atomic E-state index is 12.6. The van der Waals surface area contributed by atoms with Crippen molar-refractivity contribution in [1.82, 2.24) is 0 Å². The van der Waals surface area contributed by atoms with Gasteiger partial charge in [-0.1, -0.05) is 22.9 Å². The molecule has 2 aromatic carbocycles. The van der Waals surface area contributed by atoms with Gasteiger partial charge in [0, 0.05) is 22.1 Å². The molecule has 0 saturated heterocycles. The van der Waals surface area contributed by atoms with Crippen LogP contribution < -0.4 is 9.46 Å². The van der Waals surface area contributed by atoms with Crippen LogP contribution in [0.3, 0.4) is 0 Å². The van der Waals surface area contributed by atoms with E-state index in [0.29, 0.717) is 18.4 Å². The Morgan fingerprint density at radius 1 is 1.15 bits per heavy atom. The Morgan fingerprint density at radius 3 is 2.33 bits per heavy atom. The molecule has 5 nitrogen and oxygen atoms in total. The molecule has 0 heterocycles. The van der Waals surface area contributed by atoms with Crippen LogP contribution >= 0.6 is 15.9 Å². The highest BCUT2D eigenvalue weighted by molar-refractivity contribution is 9.10. The lowest BCUT2D eigenvalue weighted by molar-refractivity contribution is -0.275. The minimum Gasteiger partial charge on any atom is -0.404 e. The summed E-state index contributed by atoms with van der Waals surface area (Å²) < 4.78 is 68.9. The number of benzene rings is 2. The number of hydrogen-bond donors (Lipinski definition) is 1. The zero-order valence-corrected chi connectivity index (χ0v) is 16.4. The van der Waals surface area contributed by atoms with Crippen LogP contribution in [-0.2, 0) is 10.0 Å². The zero-order valence-electron chi connectivity index (χ0n) is 14.0. The lowest BCUT2D eigenvalue weighted by Gasteiger charge is -2.15. The van der Waals surface area contributed by atoms with Crippen molar-refractivity contribution in [3.63, 3.8) is 0 Å². The second kappa shape index (κ2) is 8.30. The van der Waals surface area contributed by atoms with Crippen LogP contribution in [0.2, 0.25) is 0 Å². The molecular formula is C17H15BrF3NO4S. The SMILES string of the molecule is CCCC(=O)c1ccc(NS(=O)(=O)c2ccc(Br)cc2OC(F)(F)F)cc1. The van der Waals surface area contributed by atoms with Crippen molar-refractivity contribution in [2.45, 2.75) is 31.0 Å². The molecule has 0 aliphatic rings. The molecular weight excluding hydrogens is 451 g/mol. The molecule has 0 fully saturated rings. The van der Waals surface area contributed by atoms with E-state index in [4.69, 9.17) is 0 Å². The number of ketones is 1. The number of Topliss-reactive ketones (excluding diaryl/α,β-unsaturated/α-hetero) is 1. The van der Waals surface area contributed by atoms with Crippen molar-refractivity contribution in [1.29, 1.82) is 0 Å². The average molecular weight is 466 g/mol. The van der Waals surface area contributed by atoms with E-state index >= 15 is 0 Å². The fourth-order valence-corrected chi connectivity index (χ4v) is 3.72. The third kappa shape index (κ3) is 5.96. The van der Waals surface area contributed by atoms with Gasteiger partial charge in [0.1, 0.15) is 4.90 Å². The summed E-state index contributed by atoms with van der Waals surface area (Å²) in [5.41, 5.74) is 0.522. The predicted molar refractivity (Wildman–Crippen MR) is 97.3 cm³/mol. The highest BCUT2D eigenvalue weighted by Crippen LogP contribution is 2.33. The molecule has 2 rings (SSSR count). The first-order chi connectivity index (χ1) is 12.5. The van der Waals surface area contributed by atoms with Gasteiger partial charge < -0.3 is 4.74 Å². The highest BCUT2D eigenvalue weighted by Gasteiger charge is 2.34. The van der Waals surface area contributed by atoms with Crippen LogP contribution in [0.15, 0.2) is 51.8 Å². The van der Waals surface area contributed by atoms with Crippen molar-refractivity contribution >= 4 is 37.4 Å². The van der Waals surface area contributed by atoms with Crippen molar-refractivity contribution in [2.24, 2.45) is 0 Å². The number of anilines is 1. The third-order valence-corrected chi connectivity index (χ3v) is 5.27. The monoisotopic (exact) mass is 465 g/mol. The van der Waals surface area contributed by atoms with Crippen LogP contribution in [0, 0.1) is 0 Å². The van der Waals surface area contributed by atoms with Crippen molar-refractivity contribution in [3.8, 4) is 5.75 Å². The molecule has 0 atom stereocenters. The Morgan fingerprint density at radius 2 is 1.78 bits per heavy atom. The number of halogens is 4. The maximum absolute atomic E-state index is 12.6. The Labute approximate surface area is 162 Å². The fourth-order valence-electron chi connectivity index (χ4n) is 2.21. The molecule has 0 saturated carbocycles. The van der Waals surface area contributed by atoms with E-state index in [0.717, 1.165) is 12.1 Å². The van der Waals surface area contributed by atoms with Gasteiger partial charge in [-0.2, -0.15) is 0 Å². The number of carbonyl (C=O) groups is 1.